The van der Waals surface area contributed by atoms with Crippen LogP contribution in [-0.2, 0) is 10.8 Å². The number of hydrogen-bond acceptors (Lipinski definition) is 3. The van der Waals surface area contributed by atoms with E-state index in [1.807, 2.05) is 18.2 Å². The van der Waals surface area contributed by atoms with Gasteiger partial charge in [-0.2, -0.15) is 0 Å². The van der Waals surface area contributed by atoms with E-state index in [4.69, 9.17) is 17.0 Å². The third-order valence-electron chi connectivity index (χ3n) is 3.20. The second-order valence-corrected chi connectivity index (χ2v) is 6.51. The van der Waals surface area contributed by atoms with Crippen LogP contribution in [0.15, 0.2) is 18.2 Å². The maximum absolute atomic E-state index is 11.2. The monoisotopic (exact) mass is 298 g/mol. The van der Waals surface area contributed by atoms with Crippen LogP contribution in [0, 0.1) is 4.77 Å². The van der Waals surface area contributed by atoms with Crippen LogP contribution in [0.2, 0.25) is 0 Å². The van der Waals surface area contributed by atoms with Crippen molar-refractivity contribution in [1.82, 2.24) is 9.55 Å². The van der Waals surface area contributed by atoms with E-state index in [9.17, 15) is 4.21 Å². The van der Waals surface area contributed by atoms with E-state index < -0.39 is 10.8 Å². The highest BCUT2D eigenvalue weighted by molar-refractivity contribution is 7.84. The Morgan fingerprint density at radius 2 is 2.26 bits per heavy atom. The molecule has 2 aromatic rings. The first kappa shape index (κ1) is 14.3. The van der Waals surface area contributed by atoms with Crippen molar-refractivity contribution in [3.63, 3.8) is 0 Å². The van der Waals surface area contributed by atoms with E-state index in [2.05, 4.69) is 16.5 Å². The molecule has 1 heterocycles. The number of imidazole rings is 1. The Morgan fingerprint density at radius 3 is 2.89 bits per heavy atom. The largest absolute Gasteiger partial charge is 0.494 e. The summed E-state index contributed by atoms with van der Waals surface area (Å²) in [7, 11) is 0.869. The third kappa shape index (κ3) is 2.90. The van der Waals surface area contributed by atoms with Crippen molar-refractivity contribution in [3.8, 4) is 5.75 Å². The minimum absolute atomic E-state index is 0.206. The first-order valence-electron chi connectivity index (χ1n) is 6.12. The van der Waals surface area contributed by atoms with Crippen LogP contribution in [-0.4, -0.2) is 32.9 Å². The number of benzene rings is 1. The lowest BCUT2D eigenvalue weighted by Gasteiger charge is -2.14. The molecule has 2 rings (SSSR count). The second kappa shape index (κ2) is 5.88. The van der Waals surface area contributed by atoms with Crippen LogP contribution in [0.25, 0.3) is 11.0 Å². The Kier molecular flexibility index (Phi) is 4.42. The number of hydrogen-bond donors (Lipinski definition) is 1. The molecule has 1 N–H and O–H groups in total. The van der Waals surface area contributed by atoms with Crippen LogP contribution in [0.5, 0.6) is 5.75 Å². The molecule has 1 aromatic heterocycles. The molecule has 0 bridgehead atoms. The fourth-order valence-electron chi connectivity index (χ4n) is 2.20. The zero-order chi connectivity index (χ0) is 14.0. The molecule has 0 saturated heterocycles. The Balaban J connectivity index is 2.46. The number of ether oxygens (including phenoxy) is 1. The fourth-order valence-corrected chi connectivity index (χ4v) is 3.25. The quantitative estimate of drug-likeness (QED) is 0.863. The summed E-state index contributed by atoms with van der Waals surface area (Å²) in [5.41, 5.74) is 1.94. The van der Waals surface area contributed by atoms with Gasteiger partial charge in [-0.25, -0.2) is 0 Å². The first-order chi connectivity index (χ1) is 9.04. The Labute approximate surface area is 120 Å². The van der Waals surface area contributed by atoms with Gasteiger partial charge in [-0.05, 0) is 37.7 Å². The number of para-hydroxylation sites is 1. The van der Waals surface area contributed by atoms with Gasteiger partial charge in [-0.1, -0.05) is 6.07 Å². The predicted octanol–water partition coefficient (Wildman–Crippen LogP) is 3.04. The lowest BCUT2D eigenvalue weighted by Crippen LogP contribution is -2.09. The molecule has 0 radical (unpaired) electrons. The molecule has 2 unspecified atom stereocenters. The van der Waals surface area contributed by atoms with Gasteiger partial charge in [-0.3, -0.25) is 4.21 Å². The van der Waals surface area contributed by atoms with E-state index in [-0.39, 0.29) is 6.04 Å². The molecule has 0 aliphatic rings. The maximum Gasteiger partial charge on any atom is 0.178 e. The SMILES string of the molecule is COc1cccc2c1[nH]c(=S)n2C(C)CCS(C)=O. The molecule has 19 heavy (non-hydrogen) atoms. The highest BCUT2D eigenvalue weighted by Gasteiger charge is 2.13. The van der Waals surface area contributed by atoms with Gasteiger partial charge in [0.1, 0.15) is 11.3 Å². The summed E-state index contributed by atoms with van der Waals surface area (Å²) in [6.45, 7) is 2.09. The van der Waals surface area contributed by atoms with E-state index in [0.29, 0.717) is 10.5 Å². The first-order valence-corrected chi connectivity index (χ1v) is 8.25. The topological polar surface area (TPSA) is 47.0 Å². The van der Waals surface area contributed by atoms with Crippen LogP contribution in [0.3, 0.4) is 0 Å². The Hall–Kier alpha value is -1.14. The molecule has 6 heteroatoms. The lowest BCUT2D eigenvalue weighted by molar-refractivity contribution is 0.419. The summed E-state index contributed by atoms with van der Waals surface area (Å²) in [5.74, 6) is 1.47. The Morgan fingerprint density at radius 1 is 1.53 bits per heavy atom. The fraction of sp³-hybridized carbons (Fsp3) is 0.462. The predicted molar refractivity (Wildman–Crippen MR) is 81.9 cm³/mol. The second-order valence-electron chi connectivity index (χ2n) is 4.57. The molecule has 2 atom stereocenters. The highest BCUT2D eigenvalue weighted by Crippen LogP contribution is 2.27. The maximum atomic E-state index is 11.2. The molecule has 0 fully saturated rings. The lowest BCUT2D eigenvalue weighted by atomic mass is 10.2. The average Bonchev–Trinajstić information content (AvgIpc) is 2.71. The third-order valence-corrected chi connectivity index (χ3v) is 4.31. The van der Waals surface area contributed by atoms with E-state index in [1.54, 1.807) is 13.4 Å². The number of H-pyrrole nitrogens is 1. The molecule has 104 valence electrons. The zero-order valence-corrected chi connectivity index (χ0v) is 12.9. The highest BCUT2D eigenvalue weighted by atomic mass is 32.2. The van der Waals surface area contributed by atoms with Gasteiger partial charge in [0, 0.05) is 28.9 Å². The van der Waals surface area contributed by atoms with Crippen molar-refractivity contribution in [2.24, 2.45) is 0 Å². The number of rotatable bonds is 5. The molecule has 0 spiro atoms. The van der Waals surface area contributed by atoms with Crippen molar-refractivity contribution >= 4 is 34.1 Å². The Bertz CT molecular complexity index is 660. The van der Waals surface area contributed by atoms with E-state index in [0.717, 1.165) is 23.2 Å². The normalized spacial score (nSPS) is 14.5. The van der Waals surface area contributed by atoms with Gasteiger partial charge in [0.15, 0.2) is 4.77 Å². The average molecular weight is 298 g/mol. The van der Waals surface area contributed by atoms with E-state index >= 15 is 0 Å². The van der Waals surface area contributed by atoms with Crippen LogP contribution >= 0.6 is 12.2 Å². The van der Waals surface area contributed by atoms with Crippen molar-refractivity contribution in [3.05, 3.63) is 23.0 Å². The zero-order valence-electron chi connectivity index (χ0n) is 11.3. The van der Waals surface area contributed by atoms with Crippen LogP contribution < -0.4 is 4.74 Å². The van der Waals surface area contributed by atoms with Gasteiger partial charge in [0.2, 0.25) is 0 Å². The number of aromatic amines is 1. The number of nitrogens with zero attached hydrogens (tertiary/aromatic N) is 1. The van der Waals surface area contributed by atoms with Crippen molar-refractivity contribution in [2.75, 3.05) is 19.1 Å². The van der Waals surface area contributed by atoms with Crippen LogP contribution in [0.4, 0.5) is 0 Å². The summed E-state index contributed by atoms with van der Waals surface area (Å²) in [5, 5.41) is 0. The van der Waals surface area contributed by atoms with E-state index in [1.165, 1.54) is 0 Å². The molecule has 0 aliphatic carbocycles. The summed E-state index contributed by atoms with van der Waals surface area (Å²) < 4.78 is 19.3. The van der Waals surface area contributed by atoms with Crippen molar-refractivity contribution in [1.29, 1.82) is 0 Å². The smallest absolute Gasteiger partial charge is 0.178 e. The molecule has 0 amide bonds. The molecule has 0 aliphatic heterocycles. The van der Waals surface area contributed by atoms with Gasteiger partial charge >= 0.3 is 0 Å². The van der Waals surface area contributed by atoms with Gasteiger partial charge in [0.25, 0.3) is 0 Å². The minimum Gasteiger partial charge on any atom is -0.494 e. The number of nitrogens with one attached hydrogen (secondary N) is 1. The molecule has 1 aromatic carbocycles. The summed E-state index contributed by atoms with van der Waals surface area (Å²) in [6, 6.07) is 6.08. The number of fused-ring (bicyclic) bond motifs is 1. The summed E-state index contributed by atoms with van der Waals surface area (Å²) in [6.07, 6.45) is 2.56. The van der Waals surface area contributed by atoms with Gasteiger partial charge in [0.05, 0.1) is 12.6 Å². The van der Waals surface area contributed by atoms with Crippen LogP contribution in [0.1, 0.15) is 19.4 Å². The molecule has 0 saturated carbocycles. The van der Waals surface area contributed by atoms with Gasteiger partial charge < -0.3 is 14.3 Å². The summed E-state index contributed by atoms with van der Waals surface area (Å²) in [4.78, 5) is 3.19. The van der Waals surface area contributed by atoms with Crippen molar-refractivity contribution < 1.29 is 8.95 Å². The number of aromatic nitrogens is 2. The summed E-state index contributed by atoms with van der Waals surface area (Å²) >= 11 is 5.39. The molecule has 4 nitrogen and oxygen atoms in total. The number of methoxy groups -OCH3 is 1. The standard InChI is InChI=1S/C13H18N2O2S2/c1-9(7-8-19(3)16)15-10-5-4-6-11(17-2)12(10)14-13(15)18/h4-6,9H,7-8H2,1-3H3,(H,14,18). The van der Waals surface area contributed by atoms with Gasteiger partial charge in [-0.15, -0.1) is 0 Å². The van der Waals surface area contributed by atoms with Crippen molar-refractivity contribution in [2.45, 2.75) is 19.4 Å². The molecular formula is C13H18N2O2S2. The minimum atomic E-state index is -0.776. The molecular weight excluding hydrogens is 280 g/mol.